The van der Waals surface area contributed by atoms with Crippen molar-refractivity contribution >= 4 is 11.6 Å². The Kier molecular flexibility index (Phi) is 6.31. The molecule has 32 heavy (non-hydrogen) atoms. The second-order valence-electron chi connectivity index (χ2n) is 6.71. The summed E-state index contributed by atoms with van der Waals surface area (Å²) in [6.45, 7) is -0.146. The monoisotopic (exact) mass is 431 g/mol. The lowest BCUT2D eigenvalue weighted by atomic mass is 10.2. The molecular weight excluding hydrogens is 410 g/mol. The molecule has 0 fully saturated rings. The molecule has 0 bridgehead atoms. The number of rotatable bonds is 8. The van der Waals surface area contributed by atoms with E-state index in [2.05, 4.69) is 15.5 Å². The molecule has 8 nitrogen and oxygen atoms in total. The summed E-state index contributed by atoms with van der Waals surface area (Å²) >= 11 is 0. The van der Waals surface area contributed by atoms with Crippen LogP contribution in [0.25, 0.3) is 22.9 Å². The summed E-state index contributed by atoms with van der Waals surface area (Å²) in [7, 11) is 3.09. The Morgan fingerprint density at radius 2 is 1.50 bits per heavy atom. The van der Waals surface area contributed by atoms with Gasteiger partial charge in [0.15, 0.2) is 18.1 Å². The molecule has 3 aromatic carbocycles. The largest absolute Gasteiger partial charge is 0.493 e. The number of nitrogens with one attached hydrogen (secondary N) is 1. The van der Waals surface area contributed by atoms with Gasteiger partial charge in [0.25, 0.3) is 5.91 Å². The van der Waals surface area contributed by atoms with Crippen molar-refractivity contribution in [2.75, 3.05) is 26.1 Å². The fraction of sp³-hybridized carbons (Fsp3) is 0.125. The van der Waals surface area contributed by atoms with Crippen LogP contribution in [-0.2, 0) is 4.79 Å². The number of carbonyl (C=O) groups is 1. The Morgan fingerprint density at radius 3 is 2.16 bits per heavy atom. The lowest BCUT2D eigenvalue weighted by Gasteiger charge is -2.11. The Bertz CT molecular complexity index is 1190. The summed E-state index contributed by atoms with van der Waals surface area (Å²) in [5.41, 5.74) is 2.19. The number of hydrogen-bond acceptors (Lipinski definition) is 7. The molecule has 0 radical (unpaired) electrons. The lowest BCUT2D eigenvalue weighted by Crippen LogP contribution is -2.20. The number of benzene rings is 3. The molecule has 162 valence electrons. The topological polar surface area (TPSA) is 95.7 Å². The molecule has 0 aliphatic carbocycles. The summed E-state index contributed by atoms with van der Waals surface area (Å²) in [4.78, 5) is 12.2. The third kappa shape index (κ3) is 4.86. The van der Waals surface area contributed by atoms with Crippen molar-refractivity contribution in [2.24, 2.45) is 0 Å². The molecule has 4 rings (SSSR count). The summed E-state index contributed by atoms with van der Waals surface area (Å²) < 4.78 is 21.7. The predicted octanol–water partition coefficient (Wildman–Crippen LogP) is 4.44. The predicted molar refractivity (Wildman–Crippen MR) is 119 cm³/mol. The number of anilines is 1. The van der Waals surface area contributed by atoms with Crippen molar-refractivity contribution < 1.29 is 23.4 Å². The molecule has 1 aromatic heterocycles. The first-order valence-electron chi connectivity index (χ1n) is 9.80. The number of methoxy groups -OCH3 is 2. The lowest BCUT2D eigenvalue weighted by molar-refractivity contribution is -0.118. The fourth-order valence-corrected chi connectivity index (χ4v) is 2.99. The van der Waals surface area contributed by atoms with Crippen LogP contribution in [0.5, 0.6) is 17.2 Å². The van der Waals surface area contributed by atoms with E-state index in [4.69, 9.17) is 18.6 Å². The highest BCUT2D eigenvalue weighted by molar-refractivity contribution is 5.92. The molecule has 0 saturated carbocycles. The summed E-state index contributed by atoms with van der Waals surface area (Å²) in [5.74, 6) is 2.20. The van der Waals surface area contributed by atoms with Gasteiger partial charge in [0, 0.05) is 22.9 Å². The third-order valence-corrected chi connectivity index (χ3v) is 4.58. The van der Waals surface area contributed by atoms with E-state index >= 15 is 0 Å². The molecule has 1 amide bonds. The molecule has 0 aliphatic rings. The van der Waals surface area contributed by atoms with Gasteiger partial charge in [-0.1, -0.05) is 18.2 Å². The van der Waals surface area contributed by atoms with Crippen LogP contribution in [0.3, 0.4) is 0 Å². The average molecular weight is 431 g/mol. The first-order chi connectivity index (χ1) is 15.7. The minimum atomic E-state index is -0.300. The van der Waals surface area contributed by atoms with Gasteiger partial charge in [0.05, 0.1) is 14.2 Å². The van der Waals surface area contributed by atoms with E-state index in [-0.39, 0.29) is 12.5 Å². The molecule has 1 heterocycles. The average Bonchev–Trinajstić information content (AvgIpc) is 3.34. The molecule has 0 unspecified atom stereocenters. The van der Waals surface area contributed by atoms with Crippen molar-refractivity contribution in [3.05, 3.63) is 72.8 Å². The zero-order chi connectivity index (χ0) is 22.3. The van der Waals surface area contributed by atoms with Gasteiger partial charge < -0.3 is 23.9 Å². The first-order valence-corrected chi connectivity index (χ1v) is 9.80. The maximum absolute atomic E-state index is 12.2. The van der Waals surface area contributed by atoms with Gasteiger partial charge in [-0.05, 0) is 48.5 Å². The van der Waals surface area contributed by atoms with E-state index in [1.165, 1.54) is 7.11 Å². The fourth-order valence-electron chi connectivity index (χ4n) is 2.99. The van der Waals surface area contributed by atoms with Crippen molar-refractivity contribution in [3.8, 4) is 40.2 Å². The van der Waals surface area contributed by atoms with Gasteiger partial charge in [-0.2, -0.15) is 0 Å². The van der Waals surface area contributed by atoms with Crippen LogP contribution in [0, 0.1) is 0 Å². The Morgan fingerprint density at radius 1 is 0.844 bits per heavy atom. The van der Waals surface area contributed by atoms with Gasteiger partial charge in [0.2, 0.25) is 11.8 Å². The number of ether oxygens (including phenoxy) is 3. The molecule has 4 aromatic rings. The quantitative estimate of drug-likeness (QED) is 0.441. The maximum Gasteiger partial charge on any atom is 0.262 e. The standard InChI is InChI=1S/C24H21N3O5/c1-29-20-13-10-18(14-21(20)30-2)25-22(28)15-31-19-11-8-17(9-12-19)24-27-26-23(32-24)16-6-4-3-5-7-16/h3-14H,15H2,1-2H3,(H,25,28). The number of carbonyl (C=O) groups excluding carboxylic acids is 1. The summed E-state index contributed by atoms with van der Waals surface area (Å²) in [6.07, 6.45) is 0. The van der Waals surface area contributed by atoms with E-state index in [9.17, 15) is 4.79 Å². The summed E-state index contributed by atoms with van der Waals surface area (Å²) in [5, 5.41) is 11.0. The molecule has 0 atom stereocenters. The highest BCUT2D eigenvalue weighted by Gasteiger charge is 2.11. The first kappa shape index (κ1) is 20.9. The zero-order valence-electron chi connectivity index (χ0n) is 17.6. The Labute approximate surface area is 184 Å². The van der Waals surface area contributed by atoms with Gasteiger partial charge in [-0.15, -0.1) is 10.2 Å². The SMILES string of the molecule is COc1ccc(NC(=O)COc2ccc(-c3nnc(-c4ccccc4)o3)cc2)cc1OC. The molecular formula is C24H21N3O5. The number of aromatic nitrogens is 2. The normalized spacial score (nSPS) is 10.4. The van der Waals surface area contributed by atoms with E-state index in [0.717, 1.165) is 11.1 Å². The summed E-state index contributed by atoms with van der Waals surface area (Å²) in [6, 6.07) is 21.7. The Balaban J connectivity index is 1.34. The van der Waals surface area contributed by atoms with Crippen LogP contribution >= 0.6 is 0 Å². The zero-order valence-corrected chi connectivity index (χ0v) is 17.6. The number of nitrogens with zero attached hydrogens (tertiary/aromatic N) is 2. The molecule has 0 spiro atoms. The van der Waals surface area contributed by atoms with Crippen molar-refractivity contribution in [1.29, 1.82) is 0 Å². The molecule has 0 aliphatic heterocycles. The van der Waals surface area contributed by atoms with Crippen LogP contribution in [0.15, 0.2) is 77.2 Å². The van der Waals surface area contributed by atoms with Crippen molar-refractivity contribution in [1.82, 2.24) is 10.2 Å². The highest BCUT2D eigenvalue weighted by atomic mass is 16.5. The van der Waals surface area contributed by atoms with E-state index < -0.39 is 0 Å². The van der Waals surface area contributed by atoms with Crippen molar-refractivity contribution in [2.45, 2.75) is 0 Å². The number of hydrogen-bond donors (Lipinski definition) is 1. The third-order valence-electron chi connectivity index (χ3n) is 4.58. The minimum Gasteiger partial charge on any atom is -0.493 e. The van der Waals surface area contributed by atoms with E-state index in [1.54, 1.807) is 49.6 Å². The number of amides is 1. The van der Waals surface area contributed by atoms with Gasteiger partial charge >= 0.3 is 0 Å². The molecule has 1 N–H and O–H groups in total. The van der Waals surface area contributed by atoms with E-state index in [1.807, 2.05) is 30.3 Å². The van der Waals surface area contributed by atoms with Crippen LogP contribution in [0.1, 0.15) is 0 Å². The molecule has 8 heteroatoms. The van der Waals surface area contributed by atoms with Gasteiger partial charge in [-0.3, -0.25) is 4.79 Å². The van der Waals surface area contributed by atoms with E-state index in [0.29, 0.717) is 34.7 Å². The molecule has 0 saturated heterocycles. The maximum atomic E-state index is 12.2. The van der Waals surface area contributed by atoms with Crippen LogP contribution in [0.2, 0.25) is 0 Å². The van der Waals surface area contributed by atoms with Gasteiger partial charge in [-0.25, -0.2) is 0 Å². The van der Waals surface area contributed by atoms with Crippen LogP contribution < -0.4 is 19.5 Å². The van der Waals surface area contributed by atoms with Crippen molar-refractivity contribution in [3.63, 3.8) is 0 Å². The minimum absolute atomic E-state index is 0.146. The second kappa shape index (κ2) is 9.65. The van der Waals surface area contributed by atoms with Crippen LogP contribution in [-0.4, -0.2) is 36.9 Å². The Hall–Kier alpha value is -4.33. The van der Waals surface area contributed by atoms with Crippen LogP contribution in [0.4, 0.5) is 5.69 Å². The highest BCUT2D eigenvalue weighted by Crippen LogP contribution is 2.30. The van der Waals surface area contributed by atoms with Gasteiger partial charge in [0.1, 0.15) is 5.75 Å². The smallest absolute Gasteiger partial charge is 0.262 e. The second-order valence-corrected chi connectivity index (χ2v) is 6.71.